The molecule has 66 valence electrons. The van der Waals surface area contributed by atoms with Crippen molar-refractivity contribution >= 4 is 11.8 Å². The summed E-state index contributed by atoms with van der Waals surface area (Å²) in [5.41, 5.74) is 1.31. The van der Waals surface area contributed by atoms with Gasteiger partial charge in [0.2, 0.25) is 0 Å². The maximum absolute atomic E-state index is 4.11. The highest BCUT2D eigenvalue weighted by atomic mass is 32.2. The quantitative estimate of drug-likeness (QED) is 0.617. The van der Waals surface area contributed by atoms with Gasteiger partial charge in [-0.15, -0.1) is 11.8 Å². The van der Waals surface area contributed by atoms with E-state index < -0.39 is 0 Å². The molecule has 0 aromatic carbocycles. The Morgan fingerprint density at radius 2 is 2.00 bits per heavy atom. The Balaban J connectivity index is 2.83. The third-order valence-corrected chi connectivity index (χ3v) is 2.67. The van der Waals surface area contributed by atoms with Gasteiger partial charge in [-0.05, 0) is 18.6 Å². The highest BCUT2D eigenvalue weighted by molar-refractivity contribution is 8.00. The van der Waals surface area contributed by atoms with E-state index in [9.17, 15) is 0 Å². The van der Waals surface area contributed by atoms with Crippen LogP contribution in [0.3, 0.4) is 0 Å². The first-order valence-corrected chi connectivity index (χ1v) is 4.90. The molecule has 0 radical (unpaired) electrons. The molecule has 0 unspecified atom stereocenters. The zero-order chi connectivity index (χ0) is 9.19. The van der Waals surface area contributed by atoms with Crippen molar-refractivity contribution in [1.29, 1.82) is 0 Å². The predicted molar refractivity (Wildman–Crippen MR) is 54.6 cm³/mol. The van der Waals surface area contributed by atoms with Crippen LogP contribution in [0.5, 0.6) is 0 Å². The summed E-state index contributed by atoms with van der Waals surface area (Å²) in [6, 6.07) is 2.05. The molecule has 12 heavy (non-hydrogen) atoms. The molecule has 0 fully saturated rings. The summed E-state index contributed by atoms with van der Waals surface area (Å²) in [4.78, 5) is 5.39. The predicted octanol–water partition coefficient (Wildman–Crippen LogP) is 3.28. The van der Waals surface area contributed by atoms with Crippen LogP contribution in [0.15, 0.2) is 23.4 Å². The van der Waals surface area contributed by atoms with Gasteiger partial charge in [-0.25, -0.2) is 0 Å². The molecule has 1 nitrogen and oxygen atoms in total. The third kappa shape index (κ3) is 2.86. The van der Waals surface area contributed by atoms with Gasteiger partial charge >= 0.3 is 0 Å². The smallest absolute Gasteiger partial charge is 0.0406 e. The molecule has 1 rings (SSSR count). The van der Waals surface area contributed by atoms with Crippen molar-refractivity contribution in [2.45, 2.75) is 37.3 Å². The van der Waals surface area contributed by atoms with Crippen LogP contribution in [-0.2, 0) is 0 Å². The minimum Gasteiger partial charge on any atom is -0.264 e. The Bertz CT molecular complexity index is 263. The lowest BCUT2D eigenvalue weighted by atomic mass is 10.3. The second-order valence-electron chi connectivity index (χ2n) is 3.86. The lowest BCUT2D eigenvalue weighted by molar-refractivity contribution is 0.801. The zero-order valence-electron chi connectivity index (χ0n) is 8.09. The molecule has 0 amide bonds. The number of aromatic nitrogens is 1. The standard InChI is InChI=1S/C10H15NS/c1-8-5-6-11-7-9(8)12-10(2,3)4/h5-7H,1-4H3. The number of thioether (sulfide) groups is 1. The number of hydrogen-bond donors (Lipinski definition) is 0. The number of hydrogen-bond acceptors (Lipinski definition) is 2. The molecular weight excluding hydrogens is 166 g/mol. The van der Waals surface area contributed by atoms with Gasteiger partial charge in [-0.1, -0.05) is 20.8 Å². The number of pyridine rings is 1. The van der Waals surface area contributed by atoms with Crippen molar-refractivity contribution in [3.05, 3.63) is 24.0 Å². The second kappa shape index (κ2) is 3.48. The molecule has 0 aliphatic carbocycles. The molecule has 1 heterocycles. The molecule has 2 heteroatoms. The fourth-order valence-corrected chi connectivity index (χ4v) is 1.89. The summed E-state index contributed by atoms with van der Waals surface area (Å²) in [5, 5.41) is 0. The highest BCUT2D eigenvalue weighted by Gasteiger charge is 2.12. The molecule has 0 N–H and O–H groups in total. The minimum atomic E-state index is 0.272. The summed E-state index contributed by atoms with van der Waals surface area (Å²) in [6.45, 7) is 8.76. The van der Waals surface area contributed by atoms with E-state index >= 15 is 0 Å². The average Bonchev–Trinajstić information content (AvgIpc) is 1.91. The topological polar surface area (TPSA) is 12.9 Å². The summed E-state index contributed by atoms with van der Waals surface area (Å²) in [7, 11) is 0. The monoisotopic (exact) mass is 181 g/mol. The first-order chi connectivity index (χ1) is 5.49. The molecule has 0 spiro atoms. The maximum Gasteiger partial charge on any atom is 0.0406 e. The highest BCUT2D eigenvalue weighted by Crippen LogP contribution is 2.32. The van der Waals surface area contributed by atoms with Gasteiger partial charge in [0.25, 0.3) is 0 Å². The van der Waals surface area contributed by atoms with Gasteiger partial charge < -0.3 is 0 Å². The lowest BCUT2D eigenvalue weighted by Gasteiger charge is -2.18. The SMILES string of the molecule is Cc1ccncc1SC(C)(C)C. The van der Waals surface area contributed by atoms with Crippen LogP contribution in [0.1, 0.15) is 26.3 Å². The Morgan fingerprint density at radius 1 is 1.33 bits per heavy atom. The summed E-state index contributed by atoms with van der Waals surface area (Å²) < 4.78 is 0.272. The second-order valence-corrected chi connectivity index (χ2v) is 5.72. The molecular formula is C10H15NS. The molecule has 0 atom stereocenters. The van der Waals surface area contributed by atoms with Gasteiger partial charge in [0, 0.05) is 22.0 Å². The third-order valence-electron chi connectivity index (χ3n) is 1.41. The van der Waals surface area contributed by atoms with Crippen LogP contribution in [-0.4, -0.2) is 9.73 Å². The molecule has 0 bridgehead atoms. The van der Waals surface area contributed by atoms with Gasteiger partial charge in [-0.3, -0.25) is 4.98 Å². The zero-order valence-corrected chi connectivity index (χ0v) is 8.90. The number of aryl methyl sites for hydroxylation is 1. The minimum absolute atomic E-state index is 0.272. The van der Waals surface area contributed by atoms with E-state index in [0.717, 1.165) is 0 Å². The summed E-state index contributed by atoms with van der Waals surface area (Å²) in [6.07, 6.45) is 3.77. The van der Waals surface area contributed by atoms with E-state index in [2.05, 4.69) is 32.7 Å². The van der Waals surface area contributed by atoms with E-state index in [1.165, 1.54) is 10.5 Å². The fraction of sp³-hybridized carbons (Fsp3) is 0.500. The van der Waals surface area contributed by atoms with Crippen LogP contribution in [0.2, 0.25) is 0 Å². The van der Waals surface area contributed by atoms with Crippen molar-refractivity contribution < 1.29 is 0 Å². The van der Waals surface area contributed by atoms with Crippen molar-refractivity contribution in [2.24, 2.45) is 0 Å². The van der Waals surface area contributed by atoms with Crippen molar-refractivity contribution in [2.75, 3.05) is 0 Å². The molecule has 0 aliphatic rings. The van der Waals surface area contributed by atoms with Gasteiger partial charge in [0.05, 0.1) is 0 Å². The molecule has 0 aliphatic heterocycles. The fourth-order valence-electron chi connectivity index (χ4n) is 0.886. The lowest BCUT2D eigenvalue weighted by Crippen LogP contribution is -2.07. The van der Waals surface area contributed by atoms with Gasteiger partial charge in [0.1, 0.15) is 0 Å². The molecule has 0 saturated heterocycles. The van der Waals surface area contributed by atoms with E-state index in [-0.39, 0.29) is 4.75 Å². The van der Waals surface area contributed by atoms with Crippen molar-refractivity contribution in [3.63, 3.8) is 0 Å². The first-order valence-electron chi connectivity index (χ1n) is 4.09. The first kappa shape index (κ1) is 9.59. The van der Waals surface area contributed by atoms with Crippen LogP contribution in [0.4, 0.5) is 0 Å². The van der Waals surface area contributed by atoms with E-state index in [4.69, 9.17) is 0 Å². The Morgan fingerprint density at radius 3 is 2.50 bits per heavy atom. The normalized spacial score (nSPS) is 11.7. The number of nitrogens with zero attached hydrogens (tertiary/aromatic N) is 1. The van der Waals surface area contributed by atoms with Gasteiger partial charge in [-0.2, -0.15) is 0 Å². The van der Waals surface area contributed by atoms with Crippen LogP contribution in [0, 0.1) is 6.92 Å². The van der Waals surface area contributed by atoms with Crippen LogP contribution >= 0.6 is 11.8 Å². The van der Waals surface area contributed by atoms with E-state index in [1.807, 2.05) is 30.2 Å². The largest absolute Gasteiger partial charge is 0.264 e. The summed E-state index contributed by atoms with van der Waals surface area (Å²) in [5.74, 6) is 0. The van der Waals surface area contributed by atoms with E-state index in [1.54, 1.807) is 0 Å². The van der Waals surface area contributed by atoms with Gasteiger partial charge in [0.15, 0.2) is 0 Å². The molecule has 1 aromatic heterocycles. The van der Waals surface area contributed by atoms with Crippen molar-refractivity contribution in [1.82, 2.24) is 4.98 Å². The molecule has 0 saturated carbocycles. The van der Waals surface area contributed by atoms with Crippen LogP contribution in [0.25, 0.3) is 0 Å². The maximum atomic E-state index is 4.11. The average molecular weight is 181 g/mol. The Hall–Kier alpha value is -0.500. The van der Waals surface area contributed by atoms with Crippen molar-refractivity contribution in [3.8, 4) is 0 Å². The van der Waals surface area contributed by atoms with Crippen LogP contribution < -0.4 is 0 Å². The summed E-state index contributed by atoms with van der Waals surface area (Å²) >= 11 is 1.86. The molecule has 1 aromatic rings. The Kier molecular flexibility index (Phi) is 2.78. The van der Waals surface area contributed by atoms with E-state index in [0.29, 0.717) is 0 Å². The number of rotatable bonds is 1. The Labute approximate surface area is 78.6 Å².